The van der Waals surface area contributed by atoms with Crippen molar-refractivity contribution < 1.29 is 17.6 Å². The van der Waals surface area contributed by atoms with E-state index in [0.717, 1.165) is 33.3 Å². The molecule has 7 heteroatoms. The van der Waals surface area contributed by atoms with Crippen LogP contribution >= 0.6 is 0 Å². The van der Waals surface area contributed by atoms with Gasteiger partial charge in [-0.3, -0.25) is 9.10 Å². The van der Waals surface area contributed by atoms with Gasteiger partial charge in [0, 0.05) is 0 Å². The molecule has 27 heavy (non-hydrogen) atoms. The summed E-state index contributed by atoms with van der Waals surface area (Å²) in [6.45, 7) is 7.21. The second-order valence-corrected chi connectivity index (χ2v) is 8.64. The summed E-state index contributed by atoms with van der Waals surface area (Å²) >= 11 is 0. The number of rotatable bonds is 6. The van der Waals surface area contributed by atoms with Crippen LogP contribution in [0.15, 0.2) is 42.5 Å². The molecule has 0 saturated carbocycles. The molecule has 0 aliphatic carbocycles. The molecule has 0 aliphatic heterocycles. The van der Waals surface area contributed by atoms with Gasteiger partial charge in [-0.25, -0.2) is 12.8 Å². The van der Waals surface area contributed by atoms with Gasteiger partial charge < -0.3 is 5.32 Å². The number of benzene rings is 2. The van der Waals surface area contributed by atoms with Crippen LogP contribution in [0.5, 0.6) is 0 Å². The third-order valence-corrected chi connectivity index (χ3v) is 5.66. The molecule has 2 atom stereocenters. The Hall–Kier alpha value is -2.41. The number of para-hydroxylation sites is 1. The maximum atomic E-state index is 14.2. The summed E-state index contributed by atoms with van der Waals surface area (Å²) in [6.07, 6.45) is 0.955. The van der Waals surface area contributed by atoms with Gasteiger partial charge in [0.25, 0.3) is 0 Å². The molecular formula is C20H25FN2O3S. The summed E-state index contributed by atoms with van der Waals surface area (Å²) in [7, 11) is -3.87. The van der Waals surface area contributed by atoms with Crippen LogP contribution in [-0.2, 0) is 14.8 Å². The van der Waals surface area contributed by atoms with Crippen LogP contribution in [0.2, 0.25) is 0 Å². The molecule has 0 spiro atoms. The number of hydrogen-bond donors (Lipinski definition) is 1. The molecule has 1 N–H and O–H groups in total. The first-order valence-electron chi connectivity index (χ1n) is 8.64. The number of carbonyl (C=O) groups excluding carboxylic acids is 1. The molecule has 2 rings (SSSR count). The molecular weight excluding hydrogens is 367 g/mol. The number of amides is 1. The van der Waals surface area contributed by atoms with E-state index in [1.54, 1.807) is 0 Å². The first-order chi connectivity index (χ1) is 12.5. The van der Waals surface area contributed by atoms with Crippen LogP contribution in [0.25, 0.3) is 0 Å². The highest BCUT2D eigenvalue weighted by molar-refractivity contribution is 7.92. The second kappa shape index (κ2) is 8.08. The number of sulfonamides is 1. The van der Waals surface area contributed by atoms with Crippen molar-refractivity contribution in [2.45, 2.75) is 39.8 Å². The number of nitrogens with one attached hydrogen (secondary N) is 1. The van der Waals surface area contributed by atoms with Crippen molar-refractivity contribution in [3.63, 3.8) is 0 Å². The van der Waals surface area contributed by atoms with E-state index in [4.69, 9.17) is 0 Å². The van der Waals surface area contributed by atoms with E-state index in [0.29, 0.717) is 0 Å². The molecule has 146 valence electrons. The monoisotopic (exact) mass is 392 g/mol. The van der Waals surface area contributed by atoms with Crippen LogP contribution in [-0.4, -0.2) is 26.6 Å². The SMILES string of the molecule is Cc1ccc([C@@H](C)NC(=O)[C@H](C)N(c2ccccc2F)S(C)(=O)=O)c(C)c1. The third kappa shape index (κ3) is 4.86. The first kappa shape index (κ1) is 20.9. The summed E-state index contributed by atoms with van der Waals surface area (Å²) in [5.74, 6) is -1.21. The quantitative estimate of drug-likeness (QED) is 0.819. The van der Waals surface area contributed by atoms with Crippen LogP contribution in [0, 0.1) is 19.7 Å². The maximum absolute atomic E-state index is 14.2. The van der Waals surface area contributed by atoms with E-state index >= 15 is 0 Å². The third-order valence-electron chi connectivity index (χ3n) is 4.43. The van der Waals surface area contributed by atoms with Crippen molar-refractivity contribution in [3.05, 3.63) is 65.0 Å². The van der Waals surface area contributed by atoms with Crippen molar-refractivity contribution in [1.82, 2.24) is 5.32 Å². The van der Waals surface area contributed by atoms with Gasteiger partial charge in [0.05, 0.1) is 18.0 Å². The highest BCUT2D eigenvalue weighted by Gasteiger charge is 2.31. The van der Waals surface area contributed by atoms with Crippen molar-refractivity contribution in [2.75, 3.05) is 10.6 Å². The molecule has 0 heterocycles. The van der Waals surface area contributed by atoms with Gasteiger partial charge in [-0.15, -0.1) is 0 Å². The Morgan fingerprint density at radius 3 is 2.30 bits per heavy atom. The van der Waals surface area contributed by atoms with E-state index in [9.17, 15) is 17.6 Å². The lowest BCUT2D eigenvalue weighted by Gasteiger charge is -2.29. The molecule has 2 aromatic rings. The predicted molar refractivity (Wildman–Crippen MR) is 106 cm³/mol. The van der Waals surface area contributed by atoms with Gasteiger partial charge in [0.2, 0.25) is 15.9 Å². The number of nitrogens with zero attached hydrogens (tertiary/aromatic N) is 1. The first-order valence-corrected chi connectivity index (χ1v) is 10.5. The molecule has 0 radical (unpaired) electrons. The standard InChI is InChI=1S/C20H25FN2O3S/c1-13-10-11-17(14(2)12-13)15(3)22-20(24)16(4)23(27(5,25)26)19-9-7-6-8-18(19)21/h6-12,15-16H,1-5H3,(H,22,24)/t15-,16+/m1/s1. The minimum Gasteiger partial charge on any atom is -0.348 e. The predicted octanol–water partition coefficient (Wildman–Crippen LogP) is 3.47. The van der Waals surface area contributed by atoms with Crippen LogP contribution < -0.4 is 9.62 Å². The van der Waals surface area contributed by atoms with E-state index in [1.807, 2.05) is 39.0 Å². The summed E-state index contributed by atoms with van der Waals surface area (Å²) < 4.78 is 39.5. The Bertz CT molecular complexity index is 944. The zero-order valence-electron chi connectivity index (χ0n) is 16.2. The van der Waals surface area contributed by atoms with Crippen molar-refractivity contribution >= 4 is 21.6 Å². The molecule has 0 bridgehead atoms. The lowest BCUT2D eigenvalue weighted by Crippen LogP contribution is -2.48. The lowest BCUT2D eigenvalue weighted by molar-refractivity contribution is -0.122. The molecule has 0 unspecified atom stereocenters. The van der Waals surface area contributed by atoms with Crippen molar-refractivity contribution in [2.24, 2.45) is 0 Å². The second-order valence-electron chi connectivity index (χ2n) is 6.78. The number of anilines is 1. The molecule has 5 nitrogen and oxygen atoms in total. The largest absolute Gasteiger partial charge is 0.348 e. The van der Waals surface area contributed by atoms with E-state index in [-0.39, 0.29) is 11.7 Å². The zero-order valence-corrected chi connectivity index (χ0v) is 17.0. The van der Waals surface area contributed by atoms with Crippen LogP contribution in [0.1, 0.15) is 36.6 Å². The molecule has 1 amide bonds. The molecule has 2 aromatic carbocycles. The Kier molecular flexibility index (Phi) is 6.26. The summed E-state index contributed by atoms with van der Waals surface area (Å²) in [5.41, 5.74) is 2.94. The highest BCUT2D eigenvalue weighted by Crippen LogP contribution is 2.25. The minimum atomic E-state index is -3.87. The Morgan fingerprint density at radius 1 is 1.11 bits per heavy atom. The fourth-order valence-electron chi connectivity index (χ4n) is 3.13. The summed E-state index contributed by atoms with van der Waals surface area (Å²) in [6, 6.07) is 9.98. The zero-order chi connectivity index (χ0) is 20.4. The number of hydrogen-bond acceptors (Lipinski definition) is 3. The van der Waals surface area contributed by atoms with E-state index in [1.165, 1.54) is 25.1 Å². The number of halogens is 1. The summed E-state index contributed by atoms with van der Waals surface area (Å²) in [5, 5.41) is 2.83. The van der Waals surface area contributed by atoms with Gasteiger partial charge >= 0.3 is 0 Å². The van der Waals surface area contributed by atoms with Crippen molar-refractivity contribution in [1.29, 1.82) is 0 Å². The molecule has 0 aromatic heterocycles. The van der Waals surface area contributed by atoms with Crippen molar-refractivity contribution in [3.8, 4) is 0 Å². The van der Waals surface area contributed by atoms with Gasteiger partial charge in [-0.1, -0.05) is 35.9 Å². The maximum Gasteiger partial charge on any atom is 0.244 e. The van der Waals surface area contributed by atoms with Crippen LogP contribution in [0.4, 0.5) is 10.1 Å². The summed E-state index contributed by atoms with van der Waals surface area (Å²) in [4.78, 5) is 12.7. The number of aryl methyl sites for hydroxylation is 2. The fourth-order valence-corrected chi connectivity index (χ4v) is 4.31. The molecule has 0 fully saturated rings. The Balaban J connectivity index is 2.29. The molecule has 0 aliphatic rings. The Morgan fingerprint density at radius 2 is 1.74 bits per heavy atom. The average Bonchev–Trinajstić information content (AvgIpc) is 2.55. The molecule has 0 saturated heterocycles. The van der Waals surface area contributed by atoms with E-state index < -0.39 is 27.8 Å². The Labute approximate surface area is 160 Å². The van der Waals surface area contributed by atoms with Gasteiger partial charge in [0.15, 0.2) is 0 Å². The lowest BCUT2D eigenvalue weighted by atomic mass is 10.00. The average molecular weight is 392 g/mol. The highest BCUT2D eigenvalue weighted by atomic mass is 32.2. The minimum absolute atomic E-state index is 0.151. The number of carbonyl (C=O) groups is 1. The fraction of sp³-hybridized carbons (Fsp3) is 0.350. The van der Waals surface area contributed by atoms with E-state index in [2.05, 4.69) is 5.32 Å². The van der Waals surface area contributed by atoms with Gasteiger partial charge in [-0.05, 0) is 51.0 Å². The normalized spacial score (nSPS) is 13.7. The smallest absolute Gasteiger partial charge is 0.244 e. The van der Waals surface area contributed by atoms with Gasteiger partial charge in [0.1, 0.15) is 11.9 Å². The van der Waals surface area contributed by atoms with Crippen LogP contribution in [0.3, 0.4) is 0 Å². The topological polar surface area (TPSA) is 66.5 Å². The van der Waals surface area contributed by atoms with Gasteiger partial charge in [-0.2, -0.15) is 0 Å².